The fraction of sp³-hybridized carbons (Fsp3) is 0.875. The quantitative estimate of drug-likeness (QED) is 0.590. The molecule has 0 aliphatic heterocycles. The summed E-state index contributed by atoms with van der Waals surface area (Å²) in [4.78, 5) is 12.9. The van der Waals surface area contributed by atoms with Crippen LogP contribution in [0, 0.1) is 0 Å². The maximum atomic E-state index is 11.2. The Balaban J connectivity index is 3.61. The van der Waals surface area contributed by atoms with E-state index in [1.807, 2.05) is 13.8 Å². The third kappa shape index (κ3) is 3.98. The average molecular weight is 158 g/mol. The third-order valence-corrected chi connectivity index (χ3v) is 1.65. The molecular formula is C8H16NO2. The standard InChI is InChI=1S/C8H16NO2/c1-3-9(4-2)8(11)6-5-7-10/h3-7H2,1-2H3. The summed E-state index contributed by atoms with van der Waals surface area (Å²) in [7, 11) is 0. The van der Waals surface area contributed by atoms with Gasteiger partial charge in [0.05, 0.1) is 6.61 Å². The molecule has 0 bridgehead atoms. The Morgan fingerprint density at radius 1 is 1.27 bits per heavy atom. The van der Waals surface area contributed by atoms with Crippen LogP contribution in [-0.4, -0.2) is 30.5 Å². The van der Waals surface area contributed by atoms with E-state index in [1.54, 1.807) is 4.90 Å². The monoisotopic (exact) mass is 158 g/mol. The molecule has 0 saturated carbocycles. The van der Waals surface area contributed by atoms with E-state index in [2.05, 4.69) is 0 Å². The molecule has 0 aromatic rings. The highest BCUT2D eigenvalue weighted by molar-refractivity contribution is 5.76. The van der Waals surface area contributed by atoms with Gasteiger partial charge in [-0.1, -0.05) is 0 Å². The molecule has 0 fully saturated rings. The van der Waals surface area contributed by atoms with E-state index < -0.39 is 0 Å². The molecule has 0 aromatic carbocycles. The third-order valence-electron chi connectivity index (χ3n) is 1.65. The van der Waals surface area contributed by atoms with Gasteiger partial charge in [-0.15, -0.1) is 0 Å². The van der Waals surface area contributed by atoms with Crippen LogP contribution in [0.1, 0.15) is 26.7 Å². The summed E-state index contributed by atoms with van der Waals surface area (Å²) in [5, 5.41) is 10.1. The molecule has 1 amide bonds. The van der Waals surface area contributed by atoms with Crippen molar-refractivity contribution in [3.63, 3.8) is 0 Å². The van der Waals surface area contributed by atoms with Crippen molar-refractivity contribution in [2.45, 2.75) is 26.7 Å². The fourth-order valence-corrected chi connectivity index (χ4v) is 0.958. The highest BCUT2D eigenvalue weighted by atomic mass is 16.3. The summed E-state index contributed by atoms with van der Waals surface area (Å²) in [6, 6.07) is 0. The minimum Gasteiger partial charge on any atom is -0.343 e. The molecule has 0 aliphatic rings. The second-order valence-corrected chi connectivity index (χ2v) is 2.37. The predicted octanol–water partition coefficient (Wildman–Crippen LogP) is 1.07. The van der Waals surface area contributed by atoms with Crippen LogP contribution in [0.2, 0.25) is 0 Å². The van der Waals surface area contributed by atoms with Crippen LogP contribution in [-0.2, 0) is 9.90 Å². The zero-order valence-electron chi connectivity index (χ0n) is 7.30. The molecule has 0 aromatic heterocycles. The number of hydrogen-bond donors (Lipinski definition) is 0. The van der Waals surface area contributed by atoms with Crippen molar-refractivity contribution in [2.24, 2.45) is 0 Å². The van der Waals surface area contributed by atoms with Crippen LogP contribution >= 0.6 is 0 Å². The first kappa shape index (κ1) is 10.4. The minimum atomic E-state index is -0.146. The summed E-state index contributed by atoms with van der Waals surface area (Å²) in [5.74, 6) is 0.103. The maximum Gasteiger partial charge on any atom is 0.222 e. The predicted molar refractivity (Wildman–Crippen MR) is 42.7 cm³/mol. The summed E-state index contributed by atoms with van der Waals surface area (Å²) >= 11 is 0. The molecular weight excluding hydrogens is 142 g/mol. The number of amides is 1. The first-order chi connectivity index (χ1) is 5.26. The van der Waals surface area contributed by atoms with Crippen molar-refractivity contribution < 1.29 is 9.90 Å². The van der Waals surface area contributed by atoms with Crippen molar-refractivity contribution in [1.82, 2.24) is 4.90 Å². The molecule has 0 saturated heterocycles. The van der Waals surface area contributed by atoms with E-state index in [4.69, 9.17) is 0 Å². The summed E-state index contributed by atoms with van der Waals surface area (Å²) in [6.07, 6.45) is 0.876. The van der Waals surface area contributed by atoms with Gasteiger partial charge in [0, 0.05) is 19.5 Å². The maximum absolute atomic E-state index is 11.2. The molecule has 0 atom stereocenters. The topological polar surface area (TPSA) is 40.2 Å². The largest absolute Gasteiger partial charge is 0.343 e. The lowest BCUT2D eigenvalue weighted by Crippen LogP contribution is -2.30. The molecule has 3 nitrogen and oxygen atoms in total. The average Bonchev–Trinajstić information content (AvgIpc) is 2.03. The second kappa shape index (κ2) is 6.16. The van der Waals surface area contributed by atoms with Crippen molar-refractivity contribution in [3.05, 3.63) is 0 Å². The Morgan fingerprint density at radius 2 is 1.82 bits per heavy atom. The van der Waals surface area contributed by atoms with Gasteiger partial charge in [-0.05, 0) is 20.3 Å². The van der Waals surface area contributed by atoms with Gasteiger partial charge in [0.15, 0.2) is 0 Å². The lowest BCUT2D eigenvalue weighted by atomic mass is 10.3. The molecule has 0 aliphatic carbocycles. The lowest BCUT2D eigenvalue weighted by molar-refractivity contribution is -0.131. The van der Waals surface area contributed by atoms with Gasteiger partial charge in [-0.25, -0.2) is 5.11 Å². The summed E-state index contributed by atoms with van der Waals surface area (Å²) in [6.45, 7) is 5.23. The molecule has 11 heavy (non-hydrogen) atoms. The zero-order chi connectivity index (χ0) is 8.69. The summed E-state index contributed by atoms with van der Waals surface area (Å²) in [5.41, 5.74) is 0. The molecule has 0 N–H and O–H groups in total. The molecule has 0 heterocycles. The van der Waals surface area contributed by atoms with E-state index in [1.165, 1.54) is 0 Å². The van der Waals surface area contributed by atoms with E-state index in [-0.39, 0.29) is 12.5 Å². The molecule has 1 radical (unpaired) electrons. The van der Waals surface area contributed by atoms with E-state index in [0.717, 1.165) is 13.1 Å². The fourth-order valence-electron chi connectivity index (χ4n) is 0.958. The van der Waals surface area contributed by atoms with Crippen LogP contribution in [0.3, 0.4) is 0 Å². The Hall–Kier alpha value is -0.570. The normalized spacial score (nSPS) is 9.73. The van der Waals surface area contributed by atoms with Crippen LogP contribution in [0.15, 0.2) is 0 Å². The zero-order valence-corrected chi connectivity index (χ0v) is 7.30. The minimum absolute atomic E-state index is 0.103. The van der Waals surface area contributed by atoms with E-state index in [9.17, 15) is 9.90 Å². The molecule has 0 spiro atoms. The molecule has 3 heteroatoms. The van der Waals surface area contributed by atoms with Crippen molar-refractivity contribution in [2.75, 3.05) is 19.7 Å². The highest BCUT2D eigenvalue weighted by Crippen LogP contribution is 1.96. The van der Waals surface area contributed by atoms with Gasteiger partial charge >= 0.3 is 0 Å². The molecule has 0 unspecified atom stereocenters. The lowest BCUT2D eigenvalue weighted by Gasteiger charge is -2.17. The Kier molecular flexibility index (Phi) is 5.84. The molecule has 0 rings (SSSR count). The van der Waals surface area contributed by atoms with Crippen molar-refractivity contribution in [3.8, 4) is 0 Å². The number of carbonyl (C=O) groups is 1. The van der Waals surface area contributed by atoms with E-state index in [0.29, 0.717) is 12.8 Å². The van der Waals surface area contributed by atoms with Crippen LogP contribution < -0.4 is 0 Å². The SMILES string of the molecule is CCN(CC)C(=O)CCC[O]. The van der Waals surface area contributed by atoms with Gasteiger partial charge in [-0.3, -0.25) is 4.79 Å². The number of nitrogens with zero attached hydrogens (tertiary/aromatic N) is 1. The van der Waals surface area contributed by atoms with Crippen molar-refractivity contribution >= 4 is 5.91 Å². The second-order valence-electron chi connectivity index (χ2n) is 2.37. The van der Waals surface area contributed by atoms with Crippen LogP contribution in [0.5, 0.6) is 0 Å². The first-order valence-electron chi connectivity index (χ1n) is 4.12. The number of rotatable bonds is 5. The molecule has 65 valence electrons. The smallest absolute Gasteiger partial charge is 0.222 e. The summed E-state index contributed by atoms with van der Waals surface area (Å²) < 4.78 is 0. The van der Waals surface area contributed by atoms with E-state index >= 15 is 0 Å². The number of hydrogen-bond acceptors (Lipinski definition) is 1. The van der Waals surface area contributed by atoms with Gasteiger partial charge in [0.25, 0.3) is 0 Å². The Labute approximate surface area is 68.0 Å². The van der Waals surface area contributed by atoms with Crippen LogP contribution in [0.4, 0.5) is 0 Å². The van der Waals surface area contributed by atoms with Gasteiger partial charge < -0.3 is 4.90 Å². The van der Waals surface area contributed by atoms with Gasteiger partial charge in [0.2, 0.25) is 5.91 Å². The van der Waals surface area contributed by atoms with Crippen molar-refractivity contribution in [1.29, 1.82) is 0 Å². The first-order valence-corrected chi connectivity index (χ1v) is 4.12. The highest BCUT2D eigenvalue weighted by Gasteiger charge is 2.07. The number of carbonyl (C=O) groups excluding carboxylic acids is 1. The van der Waals surface area contributed by atoms with Gasteiger partial charge in [-0.2, -0.15) is 0 Å². The van der Waals surface area contributed by atoms with Gasteiger partial charge in [0.1, 0.15) is 0 Å². The van der Waals surface area contributed by atoms with Crippen LogP contribution in [0.25, 0.3) is 0 Å². The Bertz CT molecular complexity index is 111. The Morgan fingerprint density at radius 3 is 2.18 bits per heavy atom.